The molecule has 0 saturated heterocycles. The summed E-state index contributed by atoms with van der Waals surface area (Å²) in [7, 11) is 0. The second-order valence-electron chi connectivity index (χ2n) is 3.46. The fraction of sp³-hybridized carbons (Fsp3) is 0.250. The molecule has 0 aliphatic heterocycles. The maximum absolute atomic E-state index is 5.73. The number of rotatable bonds is 5. The summed E-state index contributed by atoms with van der Waals surface area (Å²) in [6.45, 7) is 1.04. The van der Waals surface area contributed by atoms with E-state index >= 15 is 0 Å². The van der Waals surface area contributed by atoms with Gasteiger partial charge in [0, 0.05) is 12.7 Å². The number of nitrogens with two attached hydrogens (primary N) is 1. The molecule has 4 nitrogen and oxygen atoms in total. The van der Waals surface area contributed by atoms with Crippen LogP contribution in [-0.4, -0.2) is 23.3 Å². The molecule has 0 bridgehead atoms. The molecule has 0 aliphatic rings. The Balaban J connectivity index is 2.21. The number of aromatic amines is 1. The van der Waals surface area contributed by atoms with Gasteiger partial charge in [-0.05, 0) is 11.6 Å². The molecule has 16 heavy (non-hydrogen) atoms. The van der Waals surface area contributed by atoms with Crippen molar-refractivity contribution in [2.24, 2.45) is 5.73 Å². The lowest BCUT2D eigenvalue weighted by atomic mass is 10.1. The largest absolute Gasteiger partial charge is 0.366 e. The molecule has 1 aromatic carbocycles. The number of hydrogen-bond donors (Lipinski definition) is 2. The lowest BCUT2D eigenvalue weighted by molar-refractivity contribution is 0.0835. The molecule has 3 N–H and O–H groups in total. The molecule has 0 saturated carbocycles. The van der Waals surface area contributed by atoms with Crippen LogP contribution in [0.5, 0.6) is 0 Å². The Morgan fingerprint density at radius 3 is 2.69 bits per heavy atom. The molecule has 0 spiro atoms. The van der Waals surface area contributed by atoms with Gasteiger partial charge >= 0.3 is 0 Å². The molecule has 2 aromatic rings. The van der Waals surface area contributed by atoms with Gasteiger partial charge in [-0.3, -0.25) is 5.10 Å². The summed E-state index contributed by atoms with van der Waals surface area (Å²) < 4.78 is 5.73. The van der Waals surface area contributed by atoms with E-state index in [1.165, 1.54) is 0 Å². The zero-order chi connectivity index (χ0) is 11.2. The van der Waals surface area contributed by atoms with Gasteiger partial charge in [0.1, 0.15) is 6.10 Å². The van der Waals surface area contributed by atoms with Gasteiger partial charge in [0.25, 0.3) is 0 Å². The predicted molar refractivity (Wildman–Crippen MR) is 61.9 cm³/mol. The second-order valence-corrected chi connectivity index (χ2v) is 3.46. The fourth-order valence-corrected chi connectivity index (χ4v) is 1.59. The highest BCUT2D eigenvalue weighted by atomic mass is 16.5. The third-order valence-corrected chi connectivity index (χ3v) is 2.31. The Morgan fingerprint density at radius 1 is 1.25 bits per heavy atom. The van der Waals surface area contributed by atoms with Gasteiger partial charge in [-0.1, -0.05) is 30.3 Å². The van der Waals surface area contributed by atoms with E-state index in [1.54, 1.807) is 6.20 Å². The molecule has 1 atom stereocenters. The van der Waals surface area contributed by atoms with Crippen LogP contribution in [0.3, 0.4) is 0 Å². The smallest absolute Gasteiger partial charge is 0.124 e. The summed E-state index contributed by atoms with van der Waals surface area (Å²) in [5.41, 5.74) is 7.50. The van der Waals surface area contributed by atoms with Crippen molar-refractivity contribution in [3.05, 3.63) is 53.9 Å². The third kappa shape index (κ3) is 2.48. The van der Waals surface area contributed by atoms with Gasteiger partial charge < -0.3 is 10.5 Å². The van der Waals surface area contributed by atoms with E-state index in [1.807, 2.05) is 36.4 Å². The zero-order valence-electron chi connectivity index (χ0n) is 8.97. The van der Waals surface area contributed by atoms with E-state index < -0.39 is 0 Å². The highest BCUT2D eigenvalue weighted by Gasteiger charge is 2.15. The van der Waals surface area contributed by atoms with Crippen molar-refractivity contribution in [3.8, 4) is 0 Å². The number of nitrogens with one attached hydrogen (secondary N) is 1. The van der Waals surface area contributed by atoms with Crippen LogP contribution in [0.15, 0.2) is 42.6 Å². The van der Waals surface area contributed by atoms with Gasteiger partial charge in [0.05, 0.1) is 12.3 Å². The molecule has 0 fully saturated rings. The Labute approximate surface area is 94.4 Å². The number of ether oxygens (including phenoxy) is 1. The molecule has 0 amide bonds. The maximum Gasteiger partial charge on any atom is 0.124 e. The third-order valence-electron chi connectivity index (χ3n) is 2.31. The standard InChI is InChI=1S/C12H15N3O/c13-7-9-16-12(11-6-8-14-15-11)10-4-2-1-3-5-10/h1-6,8,12H,7,9,13H2,(H,14,15). The lowest BCUT2D eigenvalue weighted by Crippen LogP contribution is -2.14. The van der Waals surface area contributed by atoms with Gasteiger partial charge in [-0.2, -0.15) is 5.10 Å². The van der Waals surface area contributed by atoms with Crippen molar-refractivity contribution in [2.75, 3.05) is 13.2 Å². The van der Waals surface area contributed by atoms with Crippen LogP contribution in [0.4, 0.5) is 0 Å². The monoisotopic (exact) mass is 217 g/mol. The van der Waals surface area contributed by atoms with Crippen LogP contribution in [0, 0.1) is 0 Å². The minimum Gasteiger partial charge on any atom is -0.366 e. The topological polar surface area (TPSA) is 63.9 Å². The molecule has 1 heterocycles. The van der Waals surface area contributed by atoms with Crippen molar-refractivity contribution >= 4 is 0 Å². The van der Waals surface area contributed by atoms with E-state index in [0.717, 1.165) is 11.3 Å². The van der Waals surface area contributed by atoms with Crippen LogP contribution in [0.2, 0.25) is 0 Å². The summed E-state index contributed by atoms with van der Waals surface area (Å²) in [4.78, 5) is 0. The highest BCUT2D eigenvalue weighted by molar-refractivity contribution is 5.25. The molecule has 0 radical (unpaired) electrons. The van der Waals surface area contributed by atoms with Crippen LogP contribution in [0.25, 0.3) is 0 Å². The zero-order valence-corrected chi connectivity index (χ0v) is 8.97. The number of H-pyrrole nitrogens is 1. The number of hydrogen-bond acceptors (Lipinski definition) is 3. The molecular formula is C12H15N3O. The normalized spacial score (nSPS) is 12.6. The average Bonchev–Trinajstić information content (AvgIpc) is 2.85. The van der Waals surface area contributed by atoms with Crippen LogP contribution in [-0.2, 0) is 4.74 Å². The molecule has 1 unspecified atom stereocenters. The number of aromatic nitrogens is 2. The average molecular weight is 217 g/mol. The summed E-state index contributed by atoms with van der Waals surface area (Å²) in [6, 6.07) is 11.9. The first-order valence-electron chi connectivity index (χ1n) is 5.27. The molecule has 2 rings (SSSR count). The van der Waals surface area contributed by atoms with Gasteiger partial charge in [-0.15, -0.1) is 0 Å². The molecule has 1 aromatic heterocycles. The van der Waals surface area contributed by atoms with E-state index in [0.29, 0.717) is 13.2 Å². The first-order valence-corrected chi connectivity index (χ1v) is 5.27. The molecule has 84 valence electrons. The van der Waals surface area contributed by atoms with Crippen molar-refractivity contribution in [2.45, 2.75) is 6.10 Å². The Bertz CT molecular complexity index is 399. The lowest BCUT2D eigenvalue weighted by Gasteiger charge is -2.16. The first-order chi connectivity index (χ1) is 7.92. The van der Waals surface area contributed by atoms with Gasteiger partial charge in [0.15, 0.2) is 0 Å². The van der Waals surface area contributed by atoms with Crippen LogP contribution in [0.1, 0.15) is 17.4 Å². The van der Waals surface area contributed by atoms with Crippen LogP contribution < -0.4 is 5.73 Å². The molecule has 4 heteroatoms. The van der Waals surface area contributed by atoms with Crippen molar-refractivity contribution in [3.63, 3.8) is 0 Å². The fourth-order valence-electron chi connectivity index (χ4n) is 1.59. The van der Waals surface area contributed by atoms with E-state index in [4.69, 9.17) is 10.5 Å². The SMILES string of the molecule is NCCOC(c1ccccc1)c1ccn[nH]1. The van der Waals surface area contributed by atoms with Crippen molar-refractivity contribution in [1.29, 1.82) is 0 Å². The summed E-state index contributed by atoms with van der Waals surface area (Å²) in [5, 5.41) is 6.87. The van der Waals surface area contributed by atoms with Gasteiger partial charge in [-0.25, -0.2) is 0 Å². The second kappa shape index (κ2) is 5.44. The summed E-state index contributed by atoms with van der Waals surface area (Å²) in [6.07, 6.45) is 1.60. The summed E-state index contributed by atoms with van der Waals surface area (Å²) in [5.74, 6) is 0. The summed E-state index contributed by atoms with van der Waals surface area (Å²) >= 11 is 0. The van der Waals surface area contributed by atoms with Gasteiger partial charge in [0.2, 0.25) is 0 Å². The van der Waals surface area contributed by atoms with E-state index in [2.05, 4.69) is 10.2 Å². The minimum absolute atomic E-state index is 0.118. The van der Waals surface area contributed by atoms with Crippen molar-refractivity contribution < 1.29 is 4.74 Å². The minimum atomic E-state index is -0.118. The predicted octanol–water partition coefficient (Wildman–Crippen LogP) is 1.47. The highest BCUT2D eigenvalue weighted by Crippen LogP contribution is 2.23. The van der Waals surface area contributed by atoms with E-state index in [9.17, 15) is 0 Å². The number of benzene rings is 1. The Morgan fingerprint density at radius 2 is 2.06 bits per heavy atom. The van der Waals surface area contributed by atoms with Crippen molar-refractivity contribution in [1.82, 2.24) is 10.2 Å². The first kappa shape index (κ1) is 10.9. The van der Waals surface area contributed by atoms with Crippen LogP contribution >= 0.6 is 0 Å². The Kier molecular flexibility index (Phi) is 3.69. The molecular weight excluding hydrogens is 202 g/mol. The quantitative estimate of drug-likeness (QED) is 0.797. The maximum atomic E-state index is 5.73. The molecule has 0 aliphatic carbocycles. The number of nitrogens with zero attached hydrogens (tertiary/aromatic N) is 1. The Hall–Kier alpha value is -1.65. The van der Waals surface area contributed by atoms with E-state index in [-0.39, 0.29) is 6.10 Å².